The second-order valence-corrected chi connectivity index (χ2v) is 12.0. The summed E-state index contributed by atoms with van der Waals surface area (Å²) in [4.78, 5) is 14.8. The maximum Gasteiger partial charge on any atom is 0.227 e. The summed E-state index contributed by atoms with van der Waals surface area (Å²) in [5.41, 5.74) is 2.45. The number of ether oxygens (including phenoxy) is 2. The molecule has 0 radical (unpaired) electrons. The monoisotopic (exact) mass is 502 g/mol. The summed E-state index contributed by atoms with van der Waals surface area (Å²) in [5, 5.41) is 0. The fourth-order valence-corrected chi connectivity index (χ4v) is 7.15. The maximum atomic E-state index is 12.8. The molecule has 190 valence electrons. The van der Waals surface area contributed by atoms with Gasteiger partial charge in [0, 0.05) is 45.5 Å². The minimum atomic E-state index is -3.24. The Morgan fingerprint density at radius 1 is 0.971 bits per heavy atom. The van der Waals surface area contributed by atoms with Crippen LogP contribution in [0.25, 0.3) is 0 Å². The molecule has 3 aliphatic rings. The van der Waals surface area contributed by atoms with Crippen LogP contribution in [-0.2, 0) is 34.4 Å². The van der Waals surface area contributed by atoms with E-state index in [1.807, 2.05) is 12.1 Å². The van der Waals surface area contributed by atoms with Gasteiger partial charge < -0.3 is 13.9 Å². The van der Waals surface area contributed by atoms with Gasteiger partial charge in [-0.25, -0.2) is 12.7 Å². The van der Waals surface area contributed by atoms with Crippen molar-refractivity contribution in [3.63, 3.8) is 0 Å². The van der Waals surface area contributed by atoms with Crippen LogP contribution in [0, 0.1) is 11.8 Å². The Balaban J connectivity index is 1.08. The average molecular weight is 503 g/mol. The van der Waals surface area contributed by atoms with Crippen molar-refractivity contribution in [1.82, 2.24) is 9.21 Å². The zero-order chi connectivity index (χ0) is 24.3. The fraction of sp³-hybridized carbons (Fsp3) is 0.577. The minimum Gasteiger partial charge on any atom is -0.486 e. The number of sulfonamides is 1. The third-order valence-electron chi connectivity index (χ3n) is 7.37. The normalized spacial score (nSPS) is 20.7. The van der Waals surface area contributed by atoms with Gasteiger partial charge in [-0.2, -0.15) is 0 Å². The number of nitrogens with zero attached hydrogens (tertiary/aromatic N) is 2. The molecule has 4 heterocycles. The first-order valence-electron chi connectivity index (χ1n) is 12.6. The van der Waals surface area contributed by atoms with E-state index in [1.165, 1.54) is 23.5 Å². The summed E-state index contributed by atoms with van der Waals surface area (Å²) in [5.74, 6) is 1.46. The number of benzene rings is 1. The number of hydrogen-bond acceptors (Lipinski definition) is 7. The second-order valence-electron chi connectivity index (χ2n) is 9.98. The highest BCUT2D eigenvalue weighted by Gasteiger charge is 2.31. The van der Waals surface area contributed by atoms with Gasteiger partial charge in [0.1, 0.15) is 12.0 Å². The van der Waals surface area contributed by atoms with Gasteiger partial charge in [-0.05, 0) is 48.6 Å². The lowest BCUT2D eigenvalue weighted by Gasteiger charge is -2.32. The molecular weight excluding hydrogens is 468 g/mol. The first-order valence-corrected chi connectivity index (χ1v) is 14.2. The Bertz CT molecular complexity index is 1140. The van der Waals surface area contributed by atoms with Crippen LogP contribution in [0.4, 0.5) is 0 Å². The Morgan fingerprint density at radius 2 is 1.66 bits per heavy atom. The van der Waals surface area contributed by atoms with Gasteiger partial charge in [-0.15, -0.1) is 0 Å². The van der Waals surface area contributed by atoms with Crippen molar-refractivity contribution in [3.8, 4) is 5.75 Å². The lowest BCUT2D eigenvalue weighted by molar-refractivity contribution is 0.0719. The van der Waals surface area contributed by atoms with E-state index in [4.69, 9.17) is 13.9 Å². The van der Waals surface area contributed by atoms with Gasteiger partial charge in [0.2, 0.25) is 21.2 Å². The molecule has 0 unspecified atom stereocenters. The lowest BCUT2D eigenvalue weighted by atomic mass is 9.99. The lowest BCUT2D eigenvalue weighted by Crippen LogP contribution is -2.42. The molecule has 2 saturated heterocycles. The fourth-order valence-electron chi connectivity index (χ4n) is 5.24. The first kappa shape index (κ1) is 24.5. The van der Waals surface area contributed by atoms with Gasteiger partial charge in [-0.1, -0.05) is 24.3 Å². The van der Waals surface area contributed by atoms with Crippen LogP contribution in [-0.4, -0.2) is 56.3 Å². The summed E-state index contributed by atoms with van der Waals surface area (Å²) < 4.78 is 44.1. The van der Waals surface area contributed by atoms with E-state index in [0.29, 0.717) is 45.2 Å². The topological polar surface area (TPSA) is 89.3 Å². The van der Waals surface area contributed by atoms with Crippen molar-refractivity contribution >= 4 is 10.0 Å². The van der Waals surface area contributed by atoms with Crippen molar-refractivity contribution in [1.29, 1.82) is 0 Å². The molecule has 0 spiro atoms. The molecular formula is C26H34N2O6S. The average Bonchev–Trinajstić information content (AvgIpc) is 3.26. The molecule has 8 nitrogen and oxygen atoms in total. The van der Waals surface area contributed by atoms with Crippen molar-refractivity contribution < 1.29 is 22.3 Å². The Morgan fingerprint density at radius 3 is 2.31 bits per heavy atom. The number of fused-ring (bicyclic) bond motifs is 1. The van der Waals surface area contributed by atoms with Crippen molar-refractivity contribution in [2.24, 2.45) is 11.8 Å². The molecule has 0 bridgehead atoms. The van der Waals surface area contributed by atoms with Gasteiger partial charge in [-0.3, -0.25) is 9.69 Å². The van der Waals surface area contributed by atoms with Crippen LogP contribution in [0.1, 0.15) is 42.6 Å². The molecule has 3 aliphatic heterocycles. The zero-order valence-corrected chi connectivity index (χ0v) is 20.9. The van der Waals surface area contributed by atoms with Crippen LogP contribution >= 0.6 is 0 Å². The highest BCUT2D eigenvalue weighted by Crippen LogP contribution is 2.26. The van der Waals surface area contributed by atoms with Gasteiger partial charge in [0.15, 0.2) is 0 Å². The van der Waals surface area contributed by atoms with Crippen molar-refractivity contribution in [2.45, 2.75) is 45.3 Å². The van der Waals surface area contributed by atoms with Crippen molar-refractivity contribution in [2.75, 3.05) is 38.7 Å². The maximum absolute atomic E-state index is 12.8. The minimum absolute atomic E-state index is 0.181. The largest absolute Gasteiger partial charge is 0.486 e. The van der Waals surface area contributed by atoms with E-state index in [9.17, 15) is 13.2 Å². The van der Waals surface area contributed by atoms with Gasteiger partial charge in [0.25, 0.3) is 0 Å². The Kier molecular flexibility index (Phi) is 7.57. The molecule has 0 N–H and O–H groups in total. The van der Waals surface area contributed by atoms with Gasteiger partial charge in [0.05, 0.1) is 18.9 Å². The summed E-state index contributed by atoms with van der Waals surface area (Å²) in [7, 11) is -3.24. The third-order valence-corrected chi connectivity index (χ3v) is 9.41. The number of piperidine rings is 1. The zero-order valence-electron chi connectivity index (χ0n) is 20.1. The van der Waals surface area contributed by atoms with Crippen molar-refractivity contribution in [3.05, 3.63) is 63.7 Å². The second kappa shape index (κ2) is 10.8. The number of hydrogen-bond donors (Lipinski definition) is 0. The molecule has 9 heteroatoms. The molecule has 0 amide bonds. The molecule has 35 heavy (non-hydrogen) atoms. The molecule has 0 atom stereocenters. The van der Waals surface area contributed by atoms with E-state index in [2.05, 4.69) is 17.0 Å². The summed E-state index contributed by atoms with van der Waals surface area (Å²) in [6.45, 7) is 4.98. The molecule has 1 aromatic carbocycles. The van der Waals surface area contributed by atoms with E-state index in [0.717, 1.165) is 38.8 Å². The van der Waals surface area contributed by atoms with Crippen LogP contribution in [0.5, 0.6) is 5.75 Å². The molecule has 2 aromatic rings. The molecule has 2 fully saturated rings. The SMILES string of the molecule is O=c1cc(CN2Cc3ccccc3C2)occ1OCC1CCN(S(=O)(=O)CC2CCOCC2)CC1. The molecule has 0 saturated carbocycles. The van der Waals surface area contributed by atoms with Gasteiger partial charge >= 0.3 is 0 Å². The van der Waals surface area contributed by atoms with E-state index >= 15 is 0 Å². The predicted molar refractivity (Wildman–Crippen MR) is 131 cm³/mol. The van der Waals surface area contributed by atoms with Crippen LogP contribution < -0.4 is 10.2 Å². The molecule has 0 aliphatic carbocycles. The smallest absolute Gasteiger partial charge is 0.227 e. The standard InChI is InChI=1S/C26H34N2O6S/c29-25-13-24(16-27-14-22-3-1-2-4-23(22)15-27)33-18-26(25)34-17-20-5-9-28(10-6-20)35(30,31)19-21-7-11-32-12-8-21/h1-4,13,18,20-21H,5-12,14-17,19H2. The Hall–Kier alpha value is -2.20. The van der Waals surface area contributed by atoms with Crippen LogP contribution in [0.2, 0.25) is 0 Å². The first-order chi connectivity index (χ1) is 17.0. The third kappa shape index (κ3) is 6.14. The van der Waals surface area contributed by atoms with Crippen LogP contribution in [0.15, 0.2) is 45.8 Å². The Labute approximate surface area is 206 Å². The number of rotatable bonds is 8. The summed E-state index contributed by atoms with van der Waals surface area (Å²) in [6, 6.07) is 9.88. The summed E-state index contributed by atoms with van der Waals surface area (Å²) in [6.07, 6.45) is 4.50. The predicted octanol–water partition coefficient (Wildman–Crippen LogP) is 3.00. The highest BCUT2D eigenvalue weighted by molar-refractivity contribution is 7.89. The van der Waals surface area contributed by atoms with E-state index in [-0.39, 0.29) is 28.8 Å². The van der Waals surface area contributed by atoms with E-state index in [1.54, 1.807) is 4.31 Å². The van der Waals surface area contributed by atoms with Crippen LogP contribution in [0.3, 0.4) is 0 Å². The highest BCUT2D eigenvalue weighted by atomic mass is 32.2. The molecule has 5 rings (SSSR count). The van der Waals surface area contributed by atoms with E-state index < -0.39 is 10.0 Å². The quantitative estimate of drug-likeness (QED) is 0.548. The molecule has 1 aromatic heterocycles. The summed E-state index contributed by atoms with van der Waals surface area (Å²) >= 11 is 0.